The molecule has 1 aliphatic heterocycles. The summed E-state index contributed by atoms with van der Waals surface area (Å²) < 4.78 is 0. The van der Waals surface area contributed by atoms with Crippen molar-refractivity contribution in [1.82, 2.24) is 0 Å². The van der Waals surface area contributed by atoms with Crippen molar-refractivity contribution in [2.45, 2.75) is 44.9 Å². The van der Waals surface area contributed by atoms with Crippen molar-refractivity contribution in [3.8, 4) is 0 Å². The molecule has 0 atom stereocenters. The topological polar surface area (TPSA) is 49.6 Å². The fourth-order valence-electron chi connectivity index (χ4n) is 4.15. The third-order valence-electron chi connectivity index (χ3n) is 5.63. The first kappa shape index (κ1) is 16.3. The lowest BCUT2D eigenvalue weighted by molar-refractivity contribution is -0.121. The van der Waals surface area contributed by atoms with Crippen molar-refractivity contribution in [3.05, 3.63) is 24.3 Å². The van der Waals surface area contributed by atoms with Crippen LogP contribution in [0.5, 0.6) is 0 Å². The highest BCUT2D eigenvalue weighted by Gasteiger charge is 2.35. The maximum absolute atomic E-state index is 13.1. The Morgan fingerprint density at radius 3 is 2.48 bits per heavy atom. The predicted octanol–water partition coefficient (Wildman–Crippen LogP) is 3.16. The lowest BCUT2D eigenvalue weighted by atomic mass is 9.71. The summed E-state index contributed by atoms with van der Waals surface area (Å²) in [5, 5.41) is 0. The molecule has 1 aliphatic carbocycles. The molecular formula is C19H29N3O. The molecule has 4 heteroatoms. The van der Waals surface area contributed by atoms with Gasteiger partial charge in [0.2, 0.25) is 5.91 Å². The number of carbonyl (C=O) groups excluding carboxylic acids is 1. The molecule has 0 radical (unpaired) electrons. The van der Waals surface area contributed by atoms with Crippen LogP contribution < -0.4 is 15.5 Å². The highest BCUT2D eigenvalue weighted by molar-refractivity contribution is 5.97. The van der Waals surface area contributed by atoms with Gasteiger partial charge >= 0.3 is 0 Å². The quantitative estimate of drug-likeness (QED) is 0.932. The van der Waals surface area contributed by atoms with E-state index >= 15 is 0 Å². The van der Waals surface area contributed by atoms with E-state index in [4.69, 9.17) is 5.73 Å². The summed E-state index contributed by atoms with van der Waals surface area (Å²) in [5.74, 6) is 0.250. The Morgan fingerprint density at radius 1 is 1.09 bits per heavy atom. The molecule has 0 aromatic heterocycles. The minimum atomic E-state index is 0.0302. The van der Waals surface area contributed by atoms with Gasteiger partial charge in [0, 0.05) is 26.6 Å². The molecule has 1 saturated carbocycles. The van der Waals surface area contributed by atoms with Gasteiger partial charge in [0.1, 0.15) is 0 Å². The average molecular weight is 315 g/mol. The standard InChI is InChI=1S/C19H29N3O/c1-21-12-7-13-22(17-9-4-3-8-16(17)21)18(23)14-19(15-20)10-5-2-6-11-19/h3-4,8-9H,2,5-7,10-15,20H2,1H3. The third kappa shape index (κ3) is 3.37. The van der Waals surface area contributed by atoms with E-state index in [9.17, 15) is 4.79 Å². The Kier molecular flexibility index (Phi) is 4.90. The van der Waals surface area contributed by atoms with Crippen LogP contribution in [0.3, 0.4) is 0 Å². The zero-order valence-corrected chi connectivity index (χ0v) is 14.3. The van der Waals surface area contributed by atoms with Crippen LogP contribution in [-0.2, 0) is 4.79 Å². The fraction of sp³-hybridized carbons (Fsp3) is 0.632. The van der Waals surface area contributed by atoms with Crippen LogP contribution in [0.25, 0.3) is 0 Å². The molecule has 1 aromatic rings. The highest BCUT2D eigenvalue weighted by Crippen LogP contribution is 2.40. The molecule has 1 aromatic carbocycles. The SMILES string of the molecule is CN1CCCN(C(=O)CC2(CN)CCCCC2)c2ccccc21. The van der Waals surface area contributed by atoms with E-state index in [-0.39, 0.29) is 11.3 Å². The van der Waals surface area contributed by atoms with Crippen molar-refractivity contribution in [3.63, 3.8) is 0 Å². The number of para-hydroxylation sites is 2. The molecule has 2 N–H and O–H groups in total. The Labute approximate surface area is 139 Å². The molecule has 23 heavy (non-hydrogen) atoms. The number of nitrogens with two attached hydrogens (primary N) is 1. The summed E-state index contributed by atoms with van der Waals surface area (Å²) in [5.41, 5.74) is 8.33. The number of carbonyl (C=O) groups is 1. The molecule has 1 amide bonds. The molecule has 126 valence electrons. The number of nitrogens with zero attached hydrogens (tertiary/aromatic N) is 2. The Hall–Kier alpha value is -1.55. The summed E-state index contributed by atoms with van der Waals surface area (Å²) >= 11 is 0. The zero-order chi connectivity index (χ0) is 16.3. The molecule has 0 saturated heterocycles. The molecule has 1 heterocycles. The van der Waals surface area contributed by atoms with Gasteiger partial charge in [0.05, 0.1) is 11.4 Å². The van der Waals surface area contributed by atoms with Gasteiger partial charge in [-0.1, -0.05) is 31.4 Å². The van der Waals surface area contributed by atoms with Gasteiger partial charge in [0.15, 0.2) is 0 Å². The van der Waals surface area contributed by atoms with Crippen molar-refractivity contribution in [1.29, 1.82) is 0 Å². The van der Waals surface area contributed by atoms with Crippen LogP contribution >= 0.6 is 0 Å². The summed E-state index contributed by atoms with van der Waals surface area (Å²) in [6.45, 7) is 2.43. The largest absolute Gasteiger partial charge is 0.373 e. The minimum Gasteiger partial charge on any atom is -0.373 e. The average Bonchev–Trinajstić information content (AvgIpc) is 2.75. The number of anilines is 2. The molecular weight excluding hydrogens is 286 g/mol. The van der Waals surface area contributed by atoms with E-state index < -0.39 is 0 Å². The second kappa shape index (κ2) is 6.91. The van der Waals surface area contributed by atoms with E-state index in [0.29, 0.717) is 13.0 Å². The Morgan fingerprint density at radius 2 is 1.78 bits per heavy atom. The van der Waals surface area contributed by atoms with Crippen LogP contribution in [-0.4, -0.2) is 32.6 Å². The number of hydrogen-bond acceptors (Lipinski definition) is 3. The van der Waals surface area contributed by atoms with Gasteiger partial charge in [-0.25, -0.2) is 0 Å². The summed E-state index contributed by atoms with van der Waals surface area (Å²) in [7, 11) is 2.11. The summed E-state index contributed by atoms with van der Waals surface area (Å²) in [6, 6.07) is 8.26. The number of fused-ring (bicyclic) bond motifs is 1. The van der Waals surface area contributed by atoms with E-state index in [1.165, 1.54) is 19.3 Å². The number of benzene rings is 1. The molecule has 4 nitrogen and oxygen atoms in total. The highest BCUT2D eigenvalue weighted by atomic mass is 16.2. The van der Waals surface area contributed by atoms with Gasteiger partial charge < -0.3 is 15.5 Å². The molecule has 2 aliphatic rings. The second-order valence-corrected chi connectivity index (χ2v) is 7.25. The molecule has 0 unspecified atom stereocenters. The first-order chi connectivity index (χ1) is 11.2. The van der Waals surface area contributed by atoms with Gasteiger partial charge in [0.25, 0.3) is 0 Å². The first-order valence-electron chi connectivity index (χ1n) is 8.96. The van der Waals surface area contributed by atoms with E-state index in [2.05, 4.69) is 24.1 Å². The van der Waals surface area contributed by atoms with Crippen LogP contribution in [0.15, 0.2) is 24.3 Å². The first-order valence-corrected chi connectivity index (χ1v) is 8.96. The Bertz CT molecular complexity index is 551. The lowest BCUT2D eigenvalue weighted by Crippen LogP contribution is -2.41. The van der Waals surface area contributed by atoms with Gasteiger partial charge in [-0.05, 0) is 43.4 Å². The van der Waals surface area contributed by atoms with Crippen molar-refractivity contribution < 1.29 is 4.79 Å². The van der Waals surface area contributed by atoms with Crippen LogP contribution in [0, 0.1) is 5.41 Å². The van der Waals surface area contributed by atoms with E-state index in [1.807, 2.05) is 17.0 Å². The zero-order valence-electron chi connectivity index (χ0n) is 14.3. The summed E-state index contributed by atoms with van der Waals surface area (Å²) in [4.78, 5) is 17.4. The monoisotopic (exact) mass is 315 g/mol. The third-order valence-corrected chi connectivity index (χ3v) is 5.63. The van der Waals surface area contributed by atoms with E-state index in [1.54, 1.807) is 0 Å². The lowest BCUT2D eigenvalue weighted by Gasteiger charge is -2.37. The van der Waals surface area contributed by atoms with E-state index in [0.717, 1.165) is 43.7 Å². The number of rotatable bonds is 3. The van der Waals surface area contributed by atoms with Crippen molar-refractivity contribution in [2.24, 2.45) is 11.1 Å². The minimum absolute atomic E-state index is 0.0302. The smallest absolute Gasteiger partial charge is 0.227 e. The number of hydrogen-bond donors (Lipinski definition) is 1. The normalized spacial score (nSPS) is 20.8. The predicted molar refractivity (Wildman–Crippen MR) is 95.9 cm³/mol. The summed E-state index contributed by atoms with van der Waals surface area (Å²) in [6.07, 6.45) is 7.52. The van der Waals surface area contributed by atoms with Crippen molar-refractivity contribution in [2.75, 3.05) is 36.5 Å². The van der Waals surface area contributed by atoms with Gasteiger partial charge in [-0.3, -0.25) is 4.79 Å². The van der Waals surface area contributed by atoms with Crippen molar-refractivity contribution >= 4 is 17.3 Å². The van der Waals surface area contributed by atoms with Gasteiger partial charge in [-0.2, -0.15) is 0 Å². The molecule has 0 spiro atoms. The second-order valence-electron chi connectivity index (χ2n) is 7.25. The molecule has 3 rings (SSSR count). The maximum atomic E-state index is 13.1. The van der Waals surface area contributed by atoms with Crippen LogP contribution in [0.4, 0.5) is 11.4 Å². The van der Waals surface area contributed by atoms with Gasteiger partial charge in [-0.15, -0.1) is 0 Å². The Balaban J connectivity index is 1.82. The van der Waals surface area contributed by atoms with Crippen LogP contribution in [0.2, 0.25) is 0 Å². The molecule has 0 bridgehead atoms. The van der Waals surface area contributed by atoms with Crippen LogP contribution in [0.1, 0.15) is 44.9 Å². The number of amides is 1. The molecule has 1 fully saturated rings. The maximum Gasteiger partial charge on any atom is 0.227 e. The fourth-order valence-corrected chi connectivity index (χ4v) is 4.15.